The van der Waals surface area contributed by atoms with Crippen LogP contribution in [0.2, 0.25) is 0 Å². The minimum Gasteiger partial charge on any atom is -0.350 e. The second kappa shape index (κ2) is 6.47. The molecule has 4 aromatic rings. The summed E-state index contributed by atoms with van der Waals surface area (Å²) in [5, 5.41) is 4.19. The van der Waals surface area contributed by atoms with Crippen LogP contribution in [-0.2, 0) is 7.05 Å². The highest BCUT2D eigenvalue weighted by molar-refractivity contribution is 5.68. The van der Waals surface area contributed by atoms with Crippen LogP contribution in [0.25, 0.3) is 28.3 Å². The van der Waals surface area contributed by atoms with E-state index in [-0.39, 0.29) is 12.8 Å². The van der Waals surface area contributed by atoms with Crippen molar-refractivity contribution < 1.29 is 13.2 Å². The molecule has 0 aromatic carbocycles. The Labute approximate surface area is 164 Å². The maximum absolute atomic E-state index is 13.6. The Morgan fingerprint density at radius 2 is 2.07 bits per heavy atom. The van der Waals surface area contributed by atoms with Crippen molar-refractivity contribution in [3.05, 3.63) is 49.3 Å². The molecule has 1 aliphatic carbocycles. The van der Waals surface area contributed by atoms with Gasteiger partial charge < -0.3 is 4.57 Å². The van der Waals surface area contributed by atoms with Crippen LogP contribution in [0.1, 0.15) is 18.9 Å². The Kier molecular flexibility index (Phi) is 4.01. The van der Waals surface area contributed by atoms with Crippen molar-refractivity contribution in [1.29, 1.82) is 0 Å². The first-order chi connectivity index (χ1) is 14.0. The lowest BCUT2D eigenvalue weighted by Crippen LogP contribution is -2.14. The SMILES string of the molecule is Cn1cc(-c2cc3nccn3c(-c3ccn([C@H](CCF)[C@@H]4CC4(F)F)c3)n2)cn1. The molecule has 0 N–H and O–H groups in total. The van der Waals surface area contributed by atoms with Crippen LogP contribution in [0.4, 0.5) is 13.2 Å². The van der Waals surface area contributed by atoms with Gasteiger partial charge in [-0.1, -0.05) is 0 Å². The molecule has 6 nitrogen and oxygen atoms in total. The molecule has 2 atom stereocenters. The lowest BCUT2D eigenvalue weighted by atomic mass is 10.1. The average molecular weight is 400 g/mol. The van der Waals surface area contributed by atoms with Crippen molar-refractivity contribution in [3.63, 3.8) is 0 Å². The number of imidazole rings is 1. The Morgan fingerprint density at radius 1 is 1.24 bits per heavy atom. The van der Waals surface area contributed by atoms with Gasteiger partial charge in [-0.25, -0.2) is 18.7 Å². The van der Waals surface area contributed by atoms with E-state index in [9.17, 15) is 13.2 Å². The first kappa shape index (κ1) is 18.0. The van der Waals surface area contributed by atoms with Crippen molar-refractivity contribution in [2.45, 2.75) is 24.8 Å². The minimum absolute atomic E-state index is 0.0675. The van der Waals surface area contributed by atoms with E-state index in [0.717, 1.165) is 16.8 Å². The van der Waals surface area contributed by atoms with Crippen molar-refractivity contribution in [2.24, 2.45) is 13.0 Å². The average Bonchev–Trinajstić information content (AvgIpc) is 3.21. The quantitative estimate of drug-likeness (QED) is 0.489. The number of rotatable bonds is 6. The molecule has 1 aliphatic rings. The zero-order chi connectivity index (χ0) is 20.2. The number of aromatic nitrogens is 6. The number of hydrogen-bond donors (Lipinski definition) is 0. The molecule has 0 radical (unpaired) electrons. The van der Waals surface area contributed by atoms with Crippen LogP contribution >= 0.6 is 0 Å². The van der Waals surface area contributed by atoms with Gasteiger partial charge in [-0.3, -0.25) is 13.5 Å². The largest absolute Gasteiger partial charge is 0.350 e. The summed E-state index contributed by atoms with van der Waals surface area (Å²) in [5.41, 5.74) is 3.04. The molecule has 0 unspecified atom stereocenters. The number of hydrogen-bond acceptors (Lipinski definition) is 3. The summed E-state index contributed by atoms with van der Waals surface area (Å²) < 4.78 is 45.5. The predicted octanol–water partition coefficient (Wildman–Crippen LogP) is 4.15. The number of aryl methyl sites for hydroxylation is 1. The van der Waals surface area contributed by atoms with Crippen LogP contribution in [0.3, 0.4) is 0 Å². The molecule has 1 fully saturated rings. The Bertz CT molecular complexity index is 1170. The molecule has 9 heteroatoms. The first-order valence-corrected chi connectivity index (χ1v) is 9.41. The van der Waals surface area contributed by atoms with E-state index in [0.29, 0.717) is 11.5 Å². The fourth-order valence-electron chi connectivity index (χ4n) is 3.90. The third kappa shape index (κ3) is 3.10. The summed E-state index contributed by atoms with van der Waals surface area (Å²) in [6.45, 7) is -0.634. The molecule has 4 heterocycles. The summed E-state index contributed by atoms with van der Waals surface area (Å²) in [6, 6.07) is 3.12. The van der Waals surface area contributed by atoms with Gasteiger partial charge in [0.25, 0.3) is 5.92 Å². The molecule has 0 aliphatic heterocycles. The molecule has 0 saturated heterocycles. The van der Waals surface area contributed by atoms with Gasteiger partial charge in [0.15, 0.2) is 0 Å². The summed E-state index contributed by atoms with van der Waals surface area (Å²) in [5.74, 6) is -2.89. The molecular formula is C20H19F3N6. The molecule has 1 saturated carbocycles. The molecule has 4 aromatic heterocycles. The van der Waals surface area contributed by atoms with Crippen LogP contribution in [0.5, 0.6) is 0 Å². The van der Waals surface area contributed by atoms with Crippen LogP contribution in [0.15, 0.2) is 49.3 Å². The summed E-state index contributed by atoms with van der Waals surface area (Å²) in [7, 11) is 1.83. The van der Waals surface area contributed by atoms with Gasteiger partial charge in [-0.2, -0.15) is 5.10 Å². The van der Waals surface area contributed by atoms with E-state index in [1.54, 1.807) is 40.2 Å². The molecule has 5 rings (SSSR count). The second-order valence-electron chi connectivity index (χ2n) is 7.49. The van der Waals surface area contributed by atoms with Crippen LogP contribution < -0.4 is 0 Å². The zero-order valence-corrected chi connectivity index (χ0v) is 15.7. The Balaban J connectivity index is 1.57. The Morgan fingerprint density at radius 3 is 2.76 bits per heavy atom. The molecule has 0 spiro atoms. The van der Waals surface area contributed by atoms with Gasteiger partial charge in [0.2, 0.25) is 0 Å². The monoisotopic (exact) mass is 400 g/mol. The molecule has 29 heavy (non-hydrogen) atoms. The van der Waals surface area contributed by atoms with E-state index in [4.69, 9.17) is 4.98 Å². The van der Waals surface area contributed by atoms with Gasteiger partial charge in [-0.15, -0.1) is 0 Å². The van der Waals surface area contributed by atoms with E-state index in [1.165, 1.54) is 0 Å². The highest BCUT2D eigenvalue weighted by Gasteiger charge is 2.60. The maximum atomic E-state index is 13.6. The third-order valence-electron chi connectivity index (χ3n) is 5.49. The predicted molar refractivity (Wildman–Crippen MR) is 101 cm³/mol. The van der Waals surface area contributed by atoms with Gasteiger partial charge in [0.05, 0.1) is 18.6 Å². The summed E-state index contributed by atoms with van der Waals surface area (Å²) in [4.78, 5) is 9.14. The number of halogens is 3. The van der Waals surface area contributed by atoms with E-state index < -0.39 is 24.6 Å². The standard InChI is InChI=1S/C20H19F3N6/c1-27-11-14(10-25-27)16-8-18-24-5-7-29(18)19(26-16)13-3-6-28(12-13)17(2-4-21)15-9-20(15,22)23/h3,5-8,10-12,15,17H,2,4,9H2,1H3/t15-,17+/m0/s1. The minimum atomic E-state index is -2.71. The fourth-order valence-corrected chi connectivity index (χ4v) is 3.90. The highest BCUT2D eigenvalue weighted by Crippen LogP contribution is 2.55. The molecule has 150 valence electrons. The fraction of sp³-hybridized carbons (Fsp3) is 0.350. The van der Waals surface area contributed by atoms with Crippen molar-refractivity contribution in [2.75, 3.05) is 6.67 Å². The number of alkyl halides is 3. The topological polar surface area (TPSA) is 52.9 Å². The molecular weight excluding hydrogens is 381 g/mol. The van der Waals surface area contributed by atoms with Gasteiger partial charge in [0.1, 0.15) is 11.5 Å². The first-order valence-electron chi connectivity index (χ1n) is 9.41. The van der Waals surface area contributed by atoms with Crippen LogP contribution in [0, 0.1) is 5.92 Å². The Hall–Kier alpha value is -3.10. The normalized spacial score (nSPS) is 19.0. The van der Waals surface area contributed by atoms with E-state index >= 15 is 0 Å². The van der Waals surface area contributed by atoms with Gasteiger partial charge >= 0.3 is 0 Å². The maximum Gasteiger partial charge on any atom is 0.253 e. The highest BCUT2D eigenvalue weighted by atomic mass is 19.3. The lowest BCUT2D eigenvalue weighted by Gasteiger charge is -2.17. The van der Waals surface area contributed by atoms with Gasteiger partial charge in [0, 0.05) is 73.6 Å². The van der Waals surface area contributed by atoms with E-state index in [1.807, 2.05) is 29.8 Å². The lowest BCUT2D eigenvalue weighted by molar-refractivity contribution is 0.0836. The summed E-state index contributed by atoms with van der Waals surface area (Å²) in [6.07, 6.45) is 10.4. The molecule has 0 bridgehead atoms. The van der Waals surface area contributed by atoms with Crippen molar-refractivity contribution in [1.82, 2.24) is 28.7 Å². The van der Waals surface area contributed by atoms with Crippen molar-refractivity contribution >= 4 is 5.65 Å². The van der Waals surface area contributed by atoms with Crippen molar-refractivity contribution in [3.8, 4) is 22.6 Å². The second-order valence-corrected chi connectivity index (χ2v) is 7.49. The number of fused-ring (bicyclic) bond motifs is 1. The summed E-state index contributed by atoms with van der Waals surface area (Å²) >= 11 is 0. The van der Waals surface area contributed by atoms with E-state index in [2.05, 4.69) is 10.1 Å². The third-order valence-corrected chi connectivity index (χ3v) is 5.49. The smallest absolute Gasteiger partial charge is 0.253 e. The van der Waals surface area contributed by atoms with Gasteiger partial charge in [-0.05, 0) is 12.5 Å². The van der Waals surface area contributed by atoms with Crippen LogP contribution in [-0.4, -0.2) is 41.3 Å². The zero-order valence-electron chi connectivity index (χ0n) is 15.7. The number of nitrogens with zero attached hydrogens (tertiary/aromatic N) is 6. The molecule has 0 amide bonds.